The highest BCUT2D eigenvalue weighted by molar-refractivity contribution is 5.96. The molecule has 1 aliphatic rings. The average molecular weight is 391 g/mol. The number of hydrogen-bond acceptors (Lipinski definition) is 5. The largest absolute Gasteiger partial charge is 0.507 e. The number of ether oxygens (including phenoxy) is 1. The summed E-state index contributed by atoms with van der Waals surface area (Å²) < 4.78 is 5.14. The summed E-state index contributed by atoms with van der Waals surface area (Å²) in [6.45, 7) is 7.42. The molecule has 8 heteroatoms. The summed E-state index contributed by atoms with van der Waals surface area (Å²) >= 11 is 0. The summed E-state index contributed by atoms with van der Waals surface area (Å²) in [5.41, 5.74) is -0.314. The summed E-state index contributed by atoms with van der Waals surface area (Å²) in [7, 11) is 0. The summed E-state index contributed by atoms with van der Waals surface area (Å²) in [4.78, 5) is 40.0. The van der Waals surface area contributed by atoms with E-state index in [4.69, 9.17) is 4.74 Å². The van der Waals surface area contributed by atoms with Gasteiger partial charge in [-0.15, -0.1) is 0 Å². The molecule has 1 aromatic carbocycles. The predicted molar refractivity (Wildman–Crippen MR) is 104 cm³/mol. The normalized spacial score (nSPS) is 15.0. The Bertz CT molecular complexity index is 714. The van der Waals surface area contributed by atoms with Crippen LogP contribution in [0.25, 0.3) is 0 Å². The van der Waals surface area contributed by atoms with Crippen molar-refractivity contribution in [1.29, 1.82) is 0 Å². The molecule has 0 aliphatic carbocycles. The highest BCUT2D eigenvalue weighted by Gasteiger charge is 2.24. The van der Waals surface area contributed by atoms with Crippen molar-refractivity contribution in [1.82, 2.24) is 15.1 Å². The van der Waals surface area contributed by atoms with Crippen LogP contribution in [0.5, 0.6) is 5.75 Å². The second kappa shape index (κ2) is 9.43. The fraction of sp³-hybridized carbons (Fsp3) is 0.550. The van der Waals surface area contributed by atoms with E-state index < -0.39 is 11.7 Å². The van der Waals surface area contributed by atoms with E-state index in [1.807, 2.05) is 0 Å². The SMILES string of the molecule is CC(C)(C)OC(=O)NCCC(=O)N1CCCN(C(=O)c2ccccc2O)CC1. The summed E-state index contributed by atoms with van der Waals surface area (Å²) in [5, 5.41) is 12.5. The number of nitrogens with one attached hydrogen (secondary N) is 1. The lowest BCUT2D eigenvalue weighted by Crippen LogP contribution is -2.39. The first-order valence-corrected chi connectivity index (χ1v) is 9.49. The van der Waals surface area contributed by atoms with E-state index >= 15 is 0 Å². The minimum Gasteiger partial charge on any atom is -0.507 e. The van der Waals surface area contributed by atoms with Gasteiger partial charge in [0.15, 0.2) is 0 Å². The number of alkyl carbamates (subject to hydrolysis) is 1. The molecule has 0 spiro atoms. The van der Waals surface area contributed by atoms with Gasteiger partial charge in [0.1, 0.15) is 11.4 Å². The second-order valence-corrected chi connectivity index (χ2v) is 7.72. The highest BCUT2D eigenvalue weighted by Crippen LogP contribution is 2.19. The Morgan fingerprint density at radius 1 is 1.07 bits per heavy atom. The Morgan fingerprint density at radius 2 is 1.71 bits per heavy atom. The van der Waals surface area contributed by atoms with E-state index in [1.165, 1.54) is 6.07 Å². The van der Waals surface area contributed by atoms with Crippen LogP contribution in [0.4, 0.5) is 4.79 Å². The number of hydrogen-bond donors (Lipinski definition) is 2. The minimum atomic E-state index is -0.581. The molecule has 0 unspecified atom stereocenters. The second-order valence-electron chi connectivity index (χ2n) is 7.72. The van der Waals surface area contributed by atoms with Crippen molar-refractivity contribution in [2.75, 3.05) is 32.7 Å². The quantitative estimate of drug-likeness (QED) is 0.818. The maximum absolute atomic E-state index is 12.6. The number of aromatic hydroxyl groups is 1. The molecule has 28 heavy (non-hydrogen) atoms. The first-order chi connectivity index (χ1) is 13.2. The number of para-hydroxylation sites is 1. The van der Waals surface area contributed by atoms with Gasteiger partial charge in [0.25, 0.3) is 5.91 Å². The van der Waals surface area contributed by atoms with Crippen molar-refractivity contribution in [2.45, 2.75) is 39.2 Å². The van der Waals surface area contributed by atoms with Gasteiger partial charge in [-0.1, -0.05) is 12.1 Å². The molecule has 0 radical (unpaired) electrons. The van der Waals surface area contributed by atoms with Crippen LogP contribution in [0.15, 0.2) is 24.3 Å². The molecule has 1 saturated heterocycles. The lowest BCUT2D eigenvalue weighted by atomic mass is 10.1. The van der Waals surface area contributed by atoms with Gasteiger partial charge in [0.05, 0.1) is 5.56 Å². The van der Waals surface area contributed by atoms with Gasteiger partial charge in [-0.25, -0.2) is 4.79 Å². The number of carbonyl (C=O) groups is 3. The molecule has 1 aliphatic heterocycles. The van der Waals surface area contributed by atoms with Crippen LogP contribution >= 0.6 is 0 Å². The Kier molecular flexibility index (Phi) is 7.25. The van der Waals surface area contributed by atoms with Crippen LogP contribution in [-0.2, 0) is 9.53 Å². The van der Waals surface area contributed by atoms with Crippen molar-refractivity contribution in [3.8, 4) is 5.75 Å². The number of carbonyl (C=O) groups excluding carboxylic acids is 3. The fourth-order valence-electron chi connectivity index (χ4n) is 2.94. The Balaban J connectivity index is 1.81. The molecule has 1 fully saturated rings. The molecular weight excluding hydrogens is 362 g/mol. The van der Waals surface area contributed by atoms with Crippen molar-refractivity contribution in [2.24, 2.45) is 0 Å². The molecule has 0 bridgehead atoms. The van der Waals surface area contributed by atoms with E-state index in [1.54, 1.807) is 48.8 Å². The van der Waals surface area contributed by atoms with Gasteiger partial charge < -0.3 is 25.0 Å². The molecule has 0 aromatic heterocycles. The minimum absolute atomic E-state index is 0.0436. The third-order valence-corrected chi connectivity index (χ3v) is 4.28. The van der Waals surface area contributed by atoms with Gasteiger partial charge in [0.2, 0.25) is 5.91 Å². The van der Waals surface area contributed by atoms with Crippen molar-refractivity contribution < 1.29 is 24.2 Å². The van der Waals surface area contributed by atoms with Crippen molar-refractivity contribution >= 4 is 17.9 Å². The number of benzene rings is 1. The van der Waals surface area contributed by atoms with Crippen LogP contribution in [0, 0.1) is 0 Å². The standard InChI is InChI=1S/C20H29N3O5/c1-20(2,3)28-19(27)21-10-9-17(25)22-11-6-12-23(14-13-22)18(26)15-7-4-5-8-16(15)24/h4-5,7-8,24H,6,9-14H2,1-3H3,(H,21,27). The number of phenolic OH excluding ortho intramolecular Hbond substituents is 1. The third kappa shape index (κ3) is 6.44. The molecule has 0 saturated carbocycles. The molecule has 8 nitrogen and oxygen atoms in total. The number of rotatable bonds is 4. The van der Waals surface area contributed by atoms with Gasteiger partial charge >= 0.3 is 6.09 Å². The van der Waals surface area contributed by atoms with Crippen molar-refractivity contribution in [3.05, 3.63) is 29.8 Å². The highest BCUT2D eigenvalue weighted by atomic mass is 16.6. The first-order valence-electron chi connectivity index (χ1n) is 9.49. The maximum atomic E-state index is 12.6. The molecule has 154 valence electrons. The topological polar surface area (TPSA) is 99.2 Å². The summed E-state index contributed by atoms with van der Waals surface area (Å²) in [5.74, 6) is -0.357. The monoisotopic (exact) mass is 391 g/mol. The molecule has 2 rings (SSSR count). The first kappa shape index (κ1) is 21.5. The van der Waals surface area contributed by atoms with Gasteiger partial charge in [-0.2, -0.15) is 0 Å². The Morgan fingerprint density at radius 3 is 2.39 bits per heavy atom. The third-order valence-electron chi connectivity index (χ3n) is 4.28. The van der Waals surface area contributed by atoms with Crippen LogP contribution < -0.4 is 5.32 Å². The fourth-order valence-corrected chi connectivity index (χ4v) is 2.94. The molecule has 0 atom stereocenters. The number of phenols is 1. The maximum Gasteiger partial charge on any atom is 0.407 e. The zero-order chi connectivity index (χ0) is 20.7. The van der Waals surface area contributed by atoms with E-state index in [0.717, 1.165) is 0 Å². The Labute approximate surface area is 165 Å². The van der Waals surface area contributed by atoms with E-state index in [2.05, 4.69) is 5.32 Å². The van der Waals surface area contributed by atoms with Crippen LogP contribution in [0.2, 0.25) is 0 Å². The van der Waals surface area contributed by atoms with Crippen molar-refractivity contribution in [3.63, 3.8) is 0 Å². The van der Waals surface area contributed by atoms with Crippen LogP contribution in [-0.4, -0.2) is 71.1 Å². The molecule has 1 heterocycles. The van der Waals surface area contributed by atoms with Gasteiger partial charge in [-0.05, 0) is 39.3 Å². The lowest BCUT2D eigenvalue weighted by Gasteiger charge is -2.23. The zero-order valence-electron chi connectivity index (χ0n) is 16.7. The molecular formula is C20H29N3O5. The molecule has 2 N–H and O–H groups in total. The Hall–Kier alpha value is -2.77. The molecule has 1 aromatic rings. The number of amides is 3. The van der Waals surface area contributed by atoms with E-state index in [9.17, 15) is 19.5 Å². The van der Waals surface area contributed by atoms with Crippen LogP contribution in [0.3, 0.4) is 0 Å². The summed E-state index contributed by atoms with van der Waals surface area (Å²) in [6, 6.07) is 6.45. The van der Waals surface area contributed by atoms with Crippen LogP contribution in [0.1, 0.15) is 44.0 Å². The summed E-state index contributed by atoms with van der Waals surface area (Å²) in [6.07, 6.45) is 0.285. The van der Waals surface area contributed by atoms with E-state index in [-0.39, 0.29) is 36.1 Å². The zero-order valence-corrected chi connectivity index (χ0v) is 16.7. The lowest BCUT2D eigenvalue weighted by molar-refractivity contribution is -0.130. The average Bonchev–Trinajstić information content (AvgIpc) is 2.86. The van der Waals surface area contributed by atoms with Gasteiger partial charge in [0, 0.05) is 39.1 Å². The smallest absolute Gasteiger partial charge is 0.407 e. The predicted octanol–water partition coefficient (Wildman–Crippen LogP) is 1.98. The molecule has 3 amide bonds. The van der Waals surface area contributed by atoms with E-state index in [0.29, 0.717) is 32.6 Å². The number of nitrogens with zero attached hydrogens (tertiary/aromatic N) is 2. The van der Waals surface area contributed by atoms with Gasteiger partial charge in [-0.3, -0.25) is 9.59 Å².